The fourth-order valence-corrected chi connectivity index (χ4v) is 4.32. The highest BCUT2D eigenvalue weighted by atomic mass is 19.4. The van der Waals surface area contributed by atoms with Crippen LogP contribution in [0.2, 0.25) is 0 Å². The van der Waals surface area contributed by atoms with Crippen molar-refractivity contribution in [1.29, 1.82) is 0 Å². The van der Waals surface area contributed by atoms with Gasteiger partial charge >= 0.3 is 12.4 Å². The highest BCUT2D eigenvalue weighted by molar-refractivity contribution is 5.84. The molecule has 2 aromatic rings. The molecule has 0 spiro atoms. The third-order valence-electron chi connectivity index (χ3n) is 6.41. The van der Waals surface area contributed by atoms with E-state index in [1.54, 1.807) is 12.1 Å². The zero-order valence-corrected chi connectivity index (χ0v) is 17.9. The molecule has 180 valence electrons. The Kier molecular flexibility index (Phi) is 7.12. The monoisotopic (exact) mass is 473 g/mol. The van der Waals surface area contributed by atoms with E-state index in [1.807, 2.05) is 18.2 Å². The molecule has 0 aromatic heterocycles. The van der Waals surface area contributed by atoms with E-state index in [9.17, 15) is 36.2 Å². The first-order valence-electron chi connectivity index (χ1n) is 10.6. The number of carbonyl (C=O) groups excluding carboxylic acids is 1. The van der Waals surface area contributed by atoms with Gasteiger partial charge in [0.2, 0.25) is 5.91 Å². The van der Waals surface area contributed by atoms with Gasteiger partial charge in [0, 0.05) is 6.61 Å². The number of carbonyl (C=O) groups is 1. The Hall–Kier alpha value is -2.55. The molecule has 33 heavy (non-hydrogen) atoms. The van der Waals surface area contributed by atoms with Gasteiger partial charge in [0.25, 0.3) is 0 Å². The van der Waals surface area contributed by atoms with Crippen LogP contribution in [0.5, 0.6) is 0 Å². The standard InChI is InChI=1S/C24H25F6NO2/c1-15(17-11-19(23(25,26)27)13-20(12-17)24(28,29)30)21(33)31-22(18-5-3-2-4-6-18)9-7-16(14-32)8-10-22/h2-6,11-13,15-16,32H,7-10,14H2,1H3,(H,31,33). The first-order chi connectivity index (χ1) is 15.4. The minimum atomic E-state index is -4.99. The summed E-state index contributed by atoms with van der Waals surface area (Å²) in [6, 6.07) is 10.3. The maximum atomic E-state index is 13.2. The number of rotatable bonds is 5. The number of halogens is 6. The van der Waals surface area contributed by atoms with Crippen molar-refractivity contribution in [3.8, 4) is 0 Å². The van der Waals surface area contributed by atoms with Crippen molar-refractivity contribution in [3.63, 3.8) is 0 Å². The minimum absolute atomic E-state index is 0.0136. The molecule has 0 heterocycles. The molecule has 1 unspecified atom stereocenters. The lowest BCUT2D eigenvalue weighted by Gasteiger charge is -2.41. The summed E-state index contributed by atoms with van der Waals surface area (Å²) in [7, 11) is 0. The highest BCUT2D eigenvalue weighted by Gasteiger charge is 2.40. The summed E-state index contributed by atoms with van der Waals surface area (Å²) in [6.07, 6.45) is -7.72. The Labute approximate surface area is 187 Å². The van der Waals surface area contributed by atoms with Crippen LogP contribution in [0.4, 0.5) is 26.3 Å². The van der Waals surface area contributed by atoms with E-state index in [4.69, 9.17) is 0 Å². The zero-order valence-electron chi connectivity index (χ0n) is 17.9. The van der Waals surface area contributed by atoms with Crippen LogP contribution in [0.25, 0.3) is 0 Å². The number of aliphatic hydroxyl groups excluding tert-OH is 1. The van der Waals surface area contributed by atoms with E-state index in [0.717, 1.165) is 5.56 Å². The van der Waals surface area contributed by atoms with Gasteiger partial charge in [0.05, 0.1) is 22.6 Å². The van der Waals surface area contributed by atoms with E-state index >= 15 is 0 Å². The SMILES string of the molecule is CC(C(=O)NC1(c2ccccc2)CCC(CO)CC1)c1cc(C(F)(F)F)cc(C(F)(F)F)c1. The lowest BCUT2D eigenvalue weighted by Crippen LogP contribution is -2.49. The Bertz CT molecular complexity index is 931. The lowest BCUT2D eigenvalue weighted by molar-refractivity contribution is -0.143. The molecule has 3 rings (SSSR count). The fourth-order valence-electron chi connectivity index (χ4n) is 4.32. The van der Waals surface area contributed by atoms with E-state index in [1.165, 1.54) is 6.92 Å². The number of hydrogen-bond acceptors (Lipinski definition) is 2. The number of amides is 1. The molecule has 2 aromatic carbocycles. The highest BCUT2D eigenvalue weighted by Crippen LogP contribution is 2.41. The summed E-state index contributed by atoms with van der Waals surface area (Å²) in [5, 5.41) is 12.4. The number of aliphatic hydroxyl groups is 1. The molecule has 1 saturated carbocycles. The Morgan fingerprint density at radius 2 is 1.52 bits per heavy atom. The molecule has 9 heteroatoms. The number of nitrogens with one attached hydrogen (secondary N) is 1. The minimum Gasteiger partial charge on any atom is -0.396 e. The summed E-state index contributed by atoms with van der Waals surface area (Å²) < 4.78 is 79.4. The van der Waals surface area contributed by atoms with Crippen molar-refractivity contribution in [2.24, 2.45) is 5.92 Å². The van der Waals surface area contributed by atoms with E-state index < -0.39 is 40.8 Å². The number of alkyl halides is 6. The molecule has 1 fully saturated rings. The van der Waals surface area contributed by atoms with Crippen LogP contribution in [-0.2, 0) is 22.7 Å². The van der Waals surface area contributed by atoms with E-state index in [-0.39, 0.29) is 24.2 Å². The average Bonchev–Trinajstić information content (AvgIpc) is 2.78. The Morgan fingerprint density at radius 3 is 1.97 bits per heavy atom. The zero-order chi connectivity index (χ0) is 24.4. The first kappa shape index (κ1) is 25.1. The molecule has 1 aliphatic rings. The van der Waals surface area contributed by atoms with Gasteiger partial charge in [-0.25, -0.2) is 0 Å². The largest absolute Gasteiger partial charge is 0.416 e. The van der Waals surface area contributed by atoms with E-state index in [2.05, 4.69) is 5.32 Å². The second-order valence-electron chi connectivity index (χ2n) is 8.62. The fraction of sp³-hybridized carbons (Fsp3) is 0.458. The maximum Gasteiger partial charge on any atom is 0.416 e. The molecule has 0 aliphatic heterocycles. The van der Waals surface area contributed by atoms with Gasteiger partial charge in [-0.15, -0.1) is 0 Å². The molecule has 1 aliphatic carbocycles. The van der Waals surface area contributed by atoms with Crippen LogP contribution in [0.1, 0.15) is 60.8 Å². The third-order valence-corrected chi connectivity index (χ3v) is 6.41. The second-order valence-corrected chi connectivity index (χ2v) is 8.62. The van der Waals surface area contributed by atoms with Crippen LogP contribution in [0, 0.1) is 5.92 Å². The predicted molar refractivity (Wildman–Crippen MR) is 110 cm³/mol. The molecule has 1 atom stereocenters. The lowest BCUT2D eigenvalue weighted by atomic mass is 9.72. The van der Waals surface area contributed by atoms with Gasteiger partial charge in [-0.3, -0.25) is 4.79 Å². The van der Waals surface area contributed by atoms with Crippen LogP contribution in [0.3, 0.4) is 0 Å². The van der Waals surface area contributed by atoms with Gasteiger partial charge in [-0.05, 0) is 67.9 Å². The van der Waals surface area contributed by atoms with Crippen molar-refractivity contribution in [3.05, 3.63) is 70.8 Å². The topological polar surface area (TPSA) is 49.3 Å². The Morgan fingerprint density at radius 1 is 1.00 bits per heavy atom. The van der Waals surface area contributed by atoms with Crippen molar-refractivity contribution >= 4 is 5.91 Å². The predicted octanol–water partition coefficient (Wildman–Crippen LogP) is 6.02. The molecule has 2 N–H and O–H groups in total. The van der Waals surface area contributed by atoms with Crippen LogP contribution < -0.4 is 5.32 Å². The van der Waals surface area contributed by atoms with Gasteiger partial charge in [-0.1, -0.05) is 30.3 Å². The molecular weight excluding hydrogens is 448 g/mol. The van der Waals surface area contributed by atoms with Crippen molar-refractivity contribution < 1.29 is 36.2 Å². The summed E-state index contributed by atoms with van der Waals surface area (Å²) in [4.78, 5) is 13.1. The average molecular weight is 473 g/mol. The molecule has 0 saturated heterocycles. The van der Waals surface area contributed by atoms with Crippen molar-refractivity contribution in [2.45, 2.75) is 56.4 Å². The molecule has 0 radical (unpaired) electrons. The molecule has 0 bridgehead atoms. The van der Waals surface area contributed by atoms with Crippen LogP contribution in [-0.4, -0.2) is 17.6 Å². The van der Waals surface area contributed by atoms with Gasteiger partial charge in [-0.2, -0.15) is 26.3 Å². The van der Waals surface area contributed by atoms with Crippen LogP contribution in [0.15, 0.2) is 48.5 Å². The smallest absolute Gasteiger partial charge is 0.396 e. The van der Waals surface area contributed by atoms with E-state index in [0.29, 0.717) is 37.8 Å². The molecule has 3 nitrogen and oxygen atoms in total. The molecule has 1 amide bonds. The number of hydrogen-bond donors (Lipinski definition) is 2. The van der Waals surface area contributed by atoms with Gasteiger partial charge < -0.3 is 10.4 Å². The quantitative estimate of drug-likeness (QED) is 0.522. The summed E-state index contributed by atoms with van der Waals surface area (Å²) >= 11 is 0. The third kappa shape index (κ3) is 5.69. The normalized spacial score (nSPS) is 22.6. The first-order valence-corrected chi connectivity index (χ1v) is 10.6. The molecular formula is C24H25F6NO2. The summed E-state index contributed by atoms with van der Waals surface area (Å²) in [5.41, 5.74) is -3.27. The maximum absolute atomic E-state index is 13.2. The summed E-state index contributed by atoms with van der Waals surface area (Å²) in [6.45, 7) is 1.31. The van der Waals surface area contributed by atoms with Crippen LogP contribution >= 0.6 is 0 Å². The van der Waals surface area contributed by atoms with Gasteiger partial charge in [0.1, 0.15) is 0 Å². The van der Waals surface area contributed by atoms with Crippen molar-refractivity contribution in [1.82, 2.24) is 5.32 Å². The van der Waals surface area contributed by atoms with Crippen molar-refractivity contribution in [2.75, 3.05) is 6.61 Å². The number of benzene rings is 2. The second kappa shape index (κ2) is 9.37. The Balaban J connectivity index is 1.94. The van der Waals surface area contributed by atoms with Gasteiger partial charge in [0.15, 0.2) is 0 Å². The summed E-state index contributed by atoms with van der Waals surface area (Å²) in [5.74, 6) is -1.83.